The lowest BCUT2D eigenvalue weighted by molar-refractivity contribution is 0.786. The van der Waals surface area contributed by atoms with Crippen molar-refractivity contribution in [2.24, 2.45) is 0 Å². The summed E-state index contributed by atoms with van der Waals surface area (Å²) in [5.41, 5.74) is 4.52. The van der Waals surface area contributed by atoms with Crippen LogP contribution in [0, 0.1) is 0 Å². The van der Waals surface area contributed by atoms with Crippen LogP contribution < -0.4 is 5.43 Å². The summed E-state index contributed by atoms with van der Waals surface area (Å²) >= 11 is 5.08. The molecule has 1 atom stereocenters. The highest BCUT2D eigenvalue weighted by Gasteiger charge is 2.23. The number of hydrogen-bond acceptors (Lipinski definition) is 4. The van der Waals surface area contributed by atoms with E-state index in [-0.39, 0.29) is 5.37 Å². The first-order valence-electron chi connectivity index (χ1n) is 4.41. The van der Waals surface area contributed by atoms with E-state index in [0.29, 0.717) is 0 Å². The third-order valence-electron chi connectivity index (χ3n) is 2.17. The minimum absolute atomic E-state index is 0.226. The van der Waals surface area contributed by atoms with Crippen molar-refractivity contribution >= 4 is 27.7 Å². The molecule has 2 heterocycles. The molecular formula is C9H7BrN4S. The second kappa shape index (κ2) is 3.53. The van der Waals surface area contributed by atoms with Gasteiger partial charge in [-0.3, -0.25) is 0 Å². The van der Waals surface area contributed by atoms with Gasteiger partial charge in [0.2, 0.25) is 5.16 Å². The summed E-state index contributed by atoms with van der Waals surface area (Å²) in [5.74, 6) is 0. The topological polar surface area (TPSA) is 42.7 Å². The number of nitrogens with one attached hydrogen (secondary N) is 1. The second-order valence-corrected chi connectivity index (χ2v) is 5.15. The van der Waals surface area contributed by atoms with Gasteiger partial charge in [-0.2, -0.15) is 0 Å². The maximum Gasteiger partial charge on any atom is 0.212 e. The SMILES string of the molecule is Brc1ccc(C2Nn3cnnc3S2)cc1. The van der Waals surface area contributed by atoms with E-state index in [9.17, 15) is 0 Å². The third-order valence-corrected chi connectivity index (χ3v) is 3.80. The average Bonchev–Trinajstić information content (AvgIpc) is 2.78. The van der Waals surface area contributed by atoms with Gasteiger partial charge >= 0.3 is 0 Å². The average molecular weight is 283 g/mol. The third kappa shape index (κ3) is 1.63. The minimum atomic E-state index is 0.226. The molecule has 0 saturated carbocycles. The molecule has 0 spiro atoms. The molecule has 0 aliphatic carbocycles. The summed E-state index contributed by atoms with van der Waals surface area (Å²) in [5, 5.41) is 8.93. The van der Waals surface area contributed by atoms with Gasteiger partial charge in [-0.05, 0) is 17.7 Å². The highest BCUT2D eigenvalue weighted by molar-refractivity contribution is 9.10. The Kier molecular flexibility index (Phi) is 2.17. The van der Waals surface area contributed by atoms with Crippen LogP contribution in [-0.4, -0.2) is 14.9 Å². The van der Waals surface area contributed by atoms with E-state index in [0.717, 1.165) is 9.63 Å². The van der Waals surface area contributed by atoms with E-state index in [1.165, 1.54) is 5.56 Å². The predicted octanol–water partition coefficient (Wildman–Crippen LogP) is 2.39. The summed E-state index contributed by atoms with van der Waals surface area (Å²) in [4.78, 5) is 0. The maximum atomic E-state index is 3.99. The van der Waals surface area contributed by atoms with Crippen LogP contribution in [-0.2, 0) is 0 Å². The molecule has 1 aromatic carbocycles. The molecule has 1 aliphatic heterocycles. The van der Waals surface area contributed by atoms with Gasteiger partial charge in [0.15, 0.2) is 0 Å². The fourth-order valence-electron chi connectivity index (χ4n) is 1.43. The van der Waals surface area contributed by atoms with Crippen molar-refractivity contribution in [1.29, 1.82) is 0 Å². The molecule has 2 aromatic rings. The van der Waals surface area contributed by atoms with Crippen LogP contribution in [0.4, 0.5) is 0 Å². The van der Waals surface area contributed by atoms with Gasteiger partial charge in [0.1, 0.15) is 11.7 Å². The number of aromatic nitrogens is 3. The molecule has 0 amide bonds. The first kappa shape index (κ1) is 9.23. The zero-order chi connectivity index (χ0) is 10.3. The van der Waals surface area contributed by atoms with E-state index in [1.54, 1.807) is 18.1 Å². The zero-order valence-electron chi connectivity index (χ0n) is 7.59. The van der Waals surface area contributed by atoms with Crippen LogP contribution in [0.2, 0.25) is 0 Å². The van der Waals surface area contributed by atoms with E-state index in [2.05, 4.69) is 43.7 Å². The molecule has 4 nitrogen and oxygen atoms in total. The van der Waals surface area contributed by atoms with Crippen molar-refractivity contribution < 1.29 is 0 Å². The van der Waals surface area contributed by atoms with Crippen molar-refractivity contribution in [2.75, 3.05) is 5.43 Å². The van der Waals surface area contributed by atoms with E-state index < -0.39 is 0 Å². The van der Waals surface area contributed by atoms with Crippen molar-refractivity contribution in [1.82, 2.24) is 14.9 Å². The quantitative estimate of drug-likeness (QED) is 0.872. The van der Waals surface area contributed by atoms with Gasteiger partial charge in [0.25, 0.3) is 0 Å². The Hall–Kier alpha value is -1.01. The molecule has 1 aromatic heterocycles. The molecular weight excluding hydrogens is 276 g/mol. The van der Waals surface area contributed by atoms with Gasteiger partial charge < -0.3 is 5.43 Å². The van der Waals surface area contributed by atoms with Crippen LogP contribution in [0.5, 0.6) is 0 Å². The lowest BCUT2D eigenvalue weighted by Gasteiger charge is -2.10. The summed E-state index contributed by atoms with van der Waals surface area (Å²) in [6.07, 6.45) is 1.68. The Balaban J connectivity index is 1.87. The standard InChI is InChI=1S/C9H7BrN4S/c10-7-3-1-6(2-4-7)8-13-14-5-11-12-9(14)15-8/h1-5,8,13H. The molecule has 1 aliphatic rings. The monoisotopic (exact) mass is 282 g/mol. The molecule has 15 heavy (non-hydrogen) atoms. The van der Waals surface area contributed by atoms with Crippen LogP contribution in [0.25, 0.3) is 0 Å². The summed E-state index contributed by atoms with van der Waals surface area (Å²) in [6.45, 7) is 0. The Morgan fingerprint density at radius 3 is 2.87 bits per heavy atom. The van der Waals surface area contributed by atoms with Gasteiger partial charge in [0, 0.05) is 4.47 Å². The van der Waals surface area contributed by atoms with Crippen molar-refractivity contribution in [3.63, 3.8) is 0 Å². The van der Waals surface area contributed by atoms with Crippen LogP contribution in [0.1, 0.15) is 10.9 Å². The summed E-state index contributed by atoms with van der Waals surface area (Å²) < 4.78 is 2.94. The van der Waals surface area contributed by atoms with E-state index in [4.69, 9.17) is 0 Å². The molecule has 0 fully saturated rings. The molecule has 6 heteroatoms. The Morgan fingerprint density at radius 1 is 1.33 bits per heavy atom. The largest absolute Gasteiger partial charge is 0.304 e. The molecule has 1 unspecified atom stereocenters. The van der Waals surface area contributed by atoms with Gasteiger partial charge in [0.05, 0.1) is 0 Å². The number of fused-ring (bicyclic) bond motifs is 1. The summed E-state index contributed by atoms with van der Waals surface area (Å²) in [6, 6.07) is 8.26. The number of halogens is 1. The molecule has 0 radical (unpaired) electrons. The Morgan fingerprint density at radius 2 is 2.13 bits per heavy atom. The number of thioether (sulfide) groups is 1. The van der Waals surface area contributed by atoms with Gasteiger partial charge in [-0.15, -0.1) is 10.2 Å². The first-order chi connectivity index (χ1) is 7.33. The highest BCUT2D eigenvalue weighted by Crippen LogP contribution is 2.37. The number of benzene rings is 1. The molecule has 76 valence electrons. The number of nitrogens with zero attached hydrogens (tertiary/aromatic N) is 3. The van der Waals surface area contributed by atoms with Crippen LogP contribution in [0.3, 0.4) is 0 Å². The Bertz CT molecular complexity index is 461. The smallest absolute Gasteiger partial charge is 0.212 e. The summed E-state index contributed by atoms with van der Waals surface area (Å²) in [7, 11) is 0. The van der Waals surface area contributed by atoms with Gasteiger partial charge in [-0.25, -0.2) is 4.68 Å². The molecule has 0 bridgehead atoms. The fourth-order valence-corrected chi connectivity index (χ4v) is 2.67. The molecule has 0 saturated heterocycles. The van der Waals surface area contributed by atoms with E-state index >= 15 is 0 Å². The second-order valence-electron chi connectivity index (χ2n) is 3.16. The van der Waals surface area contributed by atoms with Gasteiger partial charge in [-0.1, -0.05) is 39.8 Å². The van der Waals surface area contributed by atoms with E-state index in [1.807, 2.05) is 16.8 Å². The number of rotatable bonds is 1. The van der Waals surface area contributed by atoms with Crippen LogP contribution in [0.15, 0.2) is 40.2 Å². The fraction of sp³-hybridized carbons (Fsp3) is 0.111. The normalized spacial score (nSPS) is 18.6. The highest BCUT2D eigenvalue weighted by atomic mass is 79.9. The maximum absolute atomic E-state index is 3.99. The minimum Gasteiger partial charge on any atom is -0.304 e. The van der Waals surface area contributed by atoms with Crippen LogP contribution >= 0.6 is 27.7 Å². The zero-order valence-corrected chi connectivity index (χ0v) is 9.99. The van der Waals surface area contributed by atoms with Crippen molar-refractivity contribution in [3.05, 3.63) is 40.6 Å². The Labute approximate surface area is 99.2 Å². The first-order valence-corrected chi connectivity index (χ1v) is 6.09. The lowest BCUT2D eigenvalue weighted by atomic mass is 10.2. The molecule has 3 rings (SSSR count). The van der Waals surface area contributed by atoms with Crippen molar-refractivity contribution in [2.45, 2.75) is 10.5 Å². The van der Waals surface area contributed by atoms with Crippen molar-refractivity contribution in [3.8, 4) is 0 Å². The predicted molar refractivity (Wildman–Crippen MR) is 62.1 cm³/mol. The molecule has 1 N–H and O–H groups in total. The lowest BCUT2D eigenvalue weighted by Crippen LogP contribution is -2.10. The number of hydrogen-bond donors (Lipinski definition) is 1.